The van der Waals surface area contributed by atoms with Crippen LogP contribution in [-0.4, -0.2) is 48.9 Å². The van der Waals surface area contributed by atoms with Crippen molar-refractivity contribution in [2.45, 2.75) is 6.42 Å². The van der Waals surface area contributed by atoms with Crippen molar-refractivity contribution < 1.29 is 4.79 Å². The Morgan fingerprint density at radius 2 is 1.74 bits per heavy atom. The number of carbonyl (C=O) groups is 1. The molecule has 10 heteroatoms. The standard InChI is InChI=1S/C33H27N9O/c43-29(14-21-6-2-1-3-7-21)40-24-15-22(17-35-19-24)23-16-25-26(20-34-12-13-38-32(25)39-18-23)33-41-28-9-11-37-30(31(28)42-33)27-8-4-5-10-36-27/h1-11,15-20,34H,12-14H2,(H,38,39)(H,40,43)(H,41,42)/b26-20+. The van der Waals surface area contributed by atoms with Crippen LogP contribution in [0.4, 0.5) is 11.5 Å². The highest BCUT2D eigenvalue weighted by Crippen LogP contribution is 2.33. The first kappa shape index (κ1) is 26.0. The van der Waals surface area contributed by atoms with E-state index in [0.717, 1.165) is 56.9 Å². The van der Waals surface area contributed by atoms with E-state index in [1.807, 2.05) is 73.1 Å². The van der Waals surface area contributed by atoms with Gasteiger partial charge >= 0.3 is 0 Å². The zero-order valence-electron chi connectivity index (χ0n) is 23.1. The Morgan fingerprint density at radius 3 is 2.63 bits per heavy atom. The second kappa shape index (κ2) is 11.5. The van der Waals surface area contributed by atoms with Crippen LogP contribution in [0.2, 0.25) is 0 Å². The molecule has 1 aromatic carbocycles. The second-order valence-corrected chi connectivity index (χ2v) is 10.1. The van der Waals surface area contributed by atoms with Crippen LogP contribution in [0.15, 0.2) is 104 Å². The molecule has 0 saturated heterocycles. The molecular formula is C33H27N9O. The van der Waals surface area contributed by atoms with Gasteiger partial charge in [-0.25, -0.2) is 9.97 Å². The van der Waals surface area contributed by atoms with Crippen molar-refractivity contribution in [3.8, 4) is 22.5 Å². The normalized spacial score (nSPS) is 13.9. The molecule has 210 valence electrons. The molecule has 6 aromatic rings. The van der Waals surface area contributed by atoms with Gasteiger partial charge in [-0.05, 0) is 35.9 Å². The van der Waals surface area contributed by atoms with Crippen LogP contribution >= 0.6 is 0 Å². The number of fused-ring (bicyclic) bond motifs is 2. The van der Waals surface area contributed by atoms with Gasteiger partial charge in [0.2, 0.25) is 5.91 Å². The number of aromatic amines is 1. The van der Waals surface area contributed by atoms with Crippen molar-refractivity contribution in [2.75, 3.05) is 23.7 Å². The maximum atomic E-state index is 12.7. The van der Waals surface area contributed by atoms with E-state index in [9.17, 15) is 4.79 Å². The van der Waals surface area contributed by atoms with Crippen LogP contribution in [0.1, 0.15) is 17.0 Å². The van der Waals surface area contributed by atoms with Crippen molar-refractivity contribution in [2.24, 2.45) is 0 Å². The number of imidazole rings is 1. The Kier molecular flexibility index (Phi) is 6.98. The first-order valence-corrected chi connectivity index (χ1v) is 13.9. The molecule has 1 aliphatic heterocycles. The van der Waals surface area contributed by atoms with Gasteiger partial charge in [0.1, 0.15) is 22.9 Å². The van der Waals surface area contributed by atoms with Gasteiger partial charge in [-0.1, -0.05) is 36.4 Å². The lowest BCUT2D eigenvalue weighted by molar-refractivity contribution is -0.115. The summed E-state index contributed by atoms with van der Waals surface area (Å²) in [5.74, 6) is 1.32. The van der Waals surface area contributed by atoms with E-state index in [0.29, 0.717) is 23.8 Å². The molecule has 0 radical (unpaired) electrons. The summed E-state index contributed by atoms with van der Waals surface area (Å²) in [6.07, 6.45) is 11.0. The van der Waals surface area contributed by atoms with Gasteiger partial charge in [-0.2, -0.15) is 0 Å². The largest absolute Gasteiger partial charge is 0.389 e. The predicted molar refractivity (Wildman–Crippen MR) is 167 cm³/mol. The summed E-state index contributed by atoms with van der Waals surface area (Å²) in [5.41, 5.74) is 8.02. The Bertz CT molecular complexity index is 1950. The summed E-state index contributed by atoms with van der Waals surface area (Å²) in [6, 6.07) is 21.3. The highest BCUT2D eigenvalue weighted by molar-refractivity contribution is 5.94. The second-order valence-electron chi connectivity index (χ2n) is 10.1. The molecule has 10 nitrogen and oxygen atoms in total. The zero-order valence-corrected chi connectivity index (χ0v) is 23.1. The molecule has 43 heavy (non-hydrogen) atoms. The number of hydrogen-bond acceptors (Lipinski definition) is 8. The van der Waals surface area contributed by atoms with Crippen LogP contribution in [0.5, 0.6) is 0 Å². The molecule has 0 saturated carbocycles. The van der Waals surface area contributed by atoms with E-state index < -0.39 is 0 Å². The number of amides is 1. The summed E-state index contributed by atoms with van der Waals surface area (Å²) < 4.78 is 0. The van der Waals surface area contributed by atoms with Crippen LogP contribution < -0.4 is 16.0 Å². The molecule has 7 rings (SSSR count). The molecule has 0 fully saturated rings. The SMILES string of the molecule is O=C(Cc1ccccc1)Nc1cncc(-c2cnc3c(c2)/C(c2nc4c(-c5ccccn5)nccc4[nH]2)=C\NCCN3)c1. The van der Waals surface area contributed by atoms with Crippen LogP contribution in [-0.2, 0) is 11.2 Å². The molecule has 5 aromatic heterocycles. The van der Waals surface area contributed by atoms with Crippen molar-refractivity contribution in [1.29, 1.82) is 0 Å². The van der Waals surface area contributed by atoms with Gasteiger partial charge < -0.3 is 20.9 Å². The lowest BCUT2D eigenvalue weighted by Crippen LogP contribution is -2.21. The van der Waals surface area contributed by atoms with E-state index in [1.54, 1.807) is 24.8 Å². The van der Waals surface area contributed by atoms with Gasteiger partial charge in [0.15, 0.2) is 0 Å². The summed E-state index contributed by atoms with van der Waals surface area (Å²) in [7, 11) is 0. The average molecular weight is 566 g/mol. The summed E-state index contributed by atoms with van der Waals surface area (Å²) in [5, 5.41) is 9.77. The van der Waals surface area contributed by atoms with Gasteiger partial charge in [-0.15, -0.1) is 0 Å². The Hall–Kier alpha value is -5.90. The molecule has 0 bridgehead atoms. The Balaban J connectivity index is 1.23. The Morgan fingerprint density at radius 1 is 0.860 bits per heavy atom. The van der Waals surface area contributed by atoms with E-state index in [-0.39, 0.29) is 12.3 Å². The van der Waals surface area contributed by atoms with Crippen molar-refractivity contribution in [1.82, 2.24) is 35.2 Å². The fourth-order valence-electron chi connectivity index (χ4n) is 5.08. The van der Waals surface area contributed by atoms with E-state index in [2.05, 4.69) is 42.0 Å². The number of rotatable bonds is 6. The van der Waals surface area contributed by atoms with Crippen LogP contribution in [0, 0.1) is 0 Å². The smallest absolute Gasteiger partial charge is 0.228 e. The maximum absolute atomic E-state index is 12.7. The highest BCUT2D eigenvalue weighted by atomic mass is 16.1. The number of hydrogen-bond donors (Lipinski definition) is 4. The number of aromatic nitrogens is 6. The topological polar surface area (TPSA) is 133 Å². The lowest BCUT2D eigenvalue weighted by atomic mass is 10.0. The molecular weight excluding hydrogens is 538 g/mol. The molecule has 1 amide bonds. The van der Waals surface area contributed by atoms with E-state index in [1.165, 1.54) is 0 Å². The van der Waals surface area contributed by atoms with Gasteiger partial charge in [0.05, 0.1) is 29.5 Å². The molecule has 0 atom stereocenters. The monoisotopic (exact) mass is 565 g/mol. The van der Waals surface area contributed by atoms with Gasteiger partial charge in [0, 0.05) is 66.3 Å². The van der Waals surface area contributed by atoms with Crippen LogP contribution in [0.25, 0.3) is 39.1 Å². The Labute approximate surface area is 247 Å². The minimum atomic E-state index is -0.105. The van der Waals surface area contributed by atoms with Crippen LogP contribution in [0.3, 0.4) is 0 Å². The number of benzene rings is 1. The number of carbonyl (C=O) groups excluding carboxylic acids is 1. The summed E-state index contributed by atoms with van der Waals surface area (Å²) in [4.78, 5) is 39.4. The average Bonchev–Trinajstić information content (AvgIpc) is 3.47. The minimum Gasteiger partial charge on any atom is -0.389 e. The van der Waals surface area contributed by atoms with Crippen molar-refractivity contribution in [3.63, 3.8) is 0 Å². The zero-order chi connectivity index (χ0) is 29.0. The van der Waals surface area contributed by atoms with Gasteiger partial charge in [-0.3, -0.25) is 19.7 Å². The molecule has 1 aliphatic rings. The van der Waals surface area contributed by atoms with E-state index in [4.69, 9.17) is 9.97 Å². The number of nitrogens with one attached hydrogen (secondary N) is 4. The number of anilines is 2. The third-order valence-electron chi connectivity index (χ3n) is 7.11. The van der Waals surface area contributed by atoms with Crippen molar-refractivity contribution >= 4 is 34.0 Å². The molecule has 0 spiro atoms. The fraction of sp³-hybridized carbons (Fsp3) is 0.0909. The quantitative estimate of drug-likeness (QED) is 0.220. The number of nitrogens with zero attached hydrogens (tertiary/aromatic N) is 5. The maximum Gasteiger partial charge on any atom is 0.228 e. The third kappa shape index (κ3) is 5.53. The highest BCUT2D eigenvalue weighted by Gasteiger charge is 2.20. The minimum absolute atomic E-state index is 0.105. The lowest BCUT2D eigenvalue weighted by Gasteiger charge is -2.18. The number of H-pyrrole nitrogens is 1. The first-order chi connectivity index (χ1) is 21.2. The number of pyridine rings is 4. The third-order valence-corrected chi connectivity index (χ3v) is 7.11. The fourth-order valence-corrected chi connectivity index (χ4v) is 5.08. The summed E-state index contributed by atoms with van der Waals surface area (Å²) in [6.45, 7) is 1.43. The van der Waals surface area contributed by atoms with Crippen molar-refractivity contribution in [3.05, 3.63) is 121 Å². The first-order valence-electron chi connectivity index (χ1n) is 13.9. The van der Waals surface area contributed by atoms with Gasteiger partial charge in [0.25, 0.3) is 0 Å². The molecule has 0 aliphatic carbocycles. The predicted octanol–water partition coefficient (Wildman–Crippen LogP) is 5.06. The summed E-state index contributed by atoms with van der Waals surface area (Å²) >= 11 is 0. The molecule has 6 heterocycles. The molecule has 4 N–H and O–H groups in total. The van der Waals surface area contributed by atoms with E-state index >= 15 is 0 Å². The molecule has 0 unspecified atom stereocenters.